The topological polar surface area (TPSA) is 69.3 Å². The number of carbonyl (C=O) groups excluding carboxylic acids is 1. The summed E-state index contributed by atoms with van der Waals surface area (Å²) >= 11 is 0. The van der Waals surface area contributed by atoms with Gasteiger partial charge in [-0.05, 0) is 38.3 Å². The molecule has 114 valence electrons. The van der Waals surface area contributed by atoms with Gasteiger partial charge in [-0.25, -0.2) is 9.78 Å². The number of aromatic amines is 1. The van der Waals surface area contributed by atoms with Gasteiger partial charge in [-0.15, -0.1) is 0 Å². The van der Waals surface area contributed by atoms with Gasteiger partial charge in [0.1, 0.15) is 0 Å². The summed E-state index contributed by atoms with van der Waals surface area (Å²) < 4.78 is 0. The van der Waals surface area contributed by atoms with E-state index in [-0.39, 0.29) is 11.6 Å². The lowest BCUT2D eigenvalue weighted by Crippen LogP contribution is -2.43. The van der Waals surface area contributed by atoms with Crippen LogP contribution in [-0.2, 0) is 4.79 Å². The first-order chi connectivity index (χ1) is 10.2. The van der Waals surface area contributed by atoms with Gasteiger partial charge in [0.15, 0.2) is 0 Å². The highest BCUT2D eigenvalue weighted by molar-refractivity contribution is 5.78. The summed E-state index contributed by atoms with van der Waals surface area (Å²) in [6, 6.07) is 1.87. The average Bonchev–Trinajstić information content (AvgIpc) is 3.02. The number of aromatic nitrogens is 2. The Bertz CT molecular complexity index is 551. The number of hydrogen-bond acceptors (Lipinski definition) is 4. The van der Waals surface area contributed by atoms with Crippen LogP contribution in [-0.4, -0.2) is 58.4 Å². The highest BCUT2D eigenvalue weighted by atomic mass is 16.2. The Morgan fingerprint density at radius 3 is 2.86 bits per heavy atom. The van der Waals surface area contributed by atoms with E-state index < -0.39 is 0 Å². The molecule has 1 unspecified atom stereocenters. The molecule has 0 radical (unpaired) electrons. The van der Waals surface area contributed by atoms with E-state index in [2.05, 4.69) is 14.9 Å². The molecule has 21 heavy (non-hydrogen) atoms. The minimum absolute atomic E-state index is 0.247. The lowest BCUT2D eigenvalue weighted by Gasteiger charge is -2.33. The van der Waals surface area contributed by atoms with Crippen LogP contribution in [0.15, 0.2) is 17.1 Å². The molecule has 0 aromatic carbocycles. The molecule has 1 amide bonds. The Labute approximate surface area is 124 Å². The van der Waals surface area contributed by atoms with E-state index in [4.69, 9.17) is 0 Å². The largest absolute Gasteiger partial charge is 0.345 e. The maximum Gasteiger partial charge on any atom is 0.345 e. The number of H-pyrrole nitrogens is 1. The van der Waals surface area contributed by atoms with Crippen molar-refractivity contribution >= 4 is 5.91 Å². The SMILES string of the molecule is O=C(CN1CCCC(c2ccnc(=O)[nH]2)C1)N1CCCC1. The van der Waals surface area contributed by atoms with E-state index in [9.17, 15) is 9.59 Å². The predicted octanol–water partition coefficient (Wildman–Crippen LogP) is 0.572. The Morgan fingerprint density at radius 2 is 2.10 bits per heavy atom. The van der Waals surface area contributed by atoms with E-state index in [1.54, 1.807) is 6.20 Å². The zero-order valence-corrected chi connectivity index (χ0v) is 12.3. The summed E-state index contributed by atoms with van der Waals surface area (Å²) in [5.74, 6) is 0.539. The molecule has 1 aromatic heterocycles. The second-order valence-electron chi connectivity index (χ2n) is 5.99. The van der Waals surface area contributed by atoms with Gasteiger partial charge >= 0.3 is 5.69 Å². The summed E-state index contributed by atoms with van der Waals surface area (Å²) in [6.45, 7) is 4.12. The molecule has 0 spiro atoms. The molecule has 1 N–H and O–H groups in total. The lowest BCUT2D eigenvalue weighted by atomic mass is 9.94. The summed E-state index contributed by atoms with van der Waals surface area (Å²) in [5, 5.41) is 0. The molecule has 1 atom stereocenters. The second-order valence-corrected chi connectivity index (χ2v) is 5.99. The summed E-state index contributed by atoms with van der Waals surface area (Å²) in [5.41, 5.74) is 0.645. The van der Waals surface area contributed by atoms with Crippen LogP contribution in [0.25, 0.3) is 0 Å². The third kappa shape index (κ3) is 3.50. The quantitative estimate of drug-likeness (QED) is 0.883. The van der Waals surface area contributed by atoms with Gasteiger partial charge in [0, 0.05) is 37.4 Å². The molecular weight excluding hydrogens is 268 g/mol. The fraction of sp³-hybridized carbons (Fsp3) is 0.667. The molecule has 0 aliphatic carbocycles. The first-order valence-corrected chi connectivity index (χ1v) is 7.78. The van der Waals surface area contributed by atoms with Crippen LogP contribution in [0.3, 0.4) is 0 Å². The predicted molar refractivity (Wildman–Crippen MR) is 79.1 cm³/mol. The van der Waals surface area contributed by atoms with Gasteiger partial charge in [-0.3, -0.25) is 9.69 Å². The molecule has 2 aliphatic heterocycles. The Balaban J connectivity index is 1.60. The Morgan fingerprint density at radius 1 is 1.29 bits per heavy atom. The van der Waals surface area contributed by atoms with Crippen molar-refractivity contribution < 1.29 is 4.79 Å². The average molecular weight is 290 g/mol. The van der Waals surface area contributed by atoms with E-state index in [0.29, 0.717) is 12.5 Å². The van der Waals surface area contributed by atoms with Crippen LogP contribution < -0.4 is 5.69 Å². The standard InChI is InChI=1S/C15H22N4O2/c20-14(19-8-1-2-9-19)11-18-7-3-4-12(10-18)13-5-6-16-15(21)17-13/h5-6,12H,1-4,7-11H2,(H,16,17,21). The number of rotatable bonds is 3. The zero-order chi connectivity index (χ0) is 14.7. The van der Waals surface area contributed by atoms with Crippen LogP contribution in [0, 0.1) is 0 Å². The van der Waals surface area contributed by atoms with E-state index in [1.807, 2.05) is 11.0 Å². The number of carbonyl (C=O) groups is 1. The van der Waals surface area contributed by atoms with Crippen molar-refractivity contribution in [2.75, 3.05) is 32.7 Å². The van der Waals surface area contributed by atoms with Gasteiger partial charge in [0.05, 0.1) is 6.54 Å². The van der Waals surface area contributed by atoms with Crippen LogP contribution in [0.1, 0.15) is 37.3 Å². The number of piperidine rings is 1. The molecule has 3 rings (SSSR count). The van der Waals surface area contributed by atoms with Crippen LogP contribution in [0.2, 0.25) is 0 Å². The van der Waals surface area contributed by atoms with E-state index in [0.717, 1.165) is 57.6 Å². The third-order valence-electron chi connectivity index (χ3n) is 4.46. The van der Waals surface area contributed by atoms with Crippen molar-refractivity contribution in [2.45, 2.75) is 31.6 Å². The monoisotopic (exact) mass is 290 g/mol. The first-order valence-electron chi connectivity index (χ1n) is 7.78. The minimum Gasteiger partial charge on any atom is -0.342 e. The summed E-state index contributed by atoms with van der Waals surface area (Å²) in [7, 11) is 0. The smallest absolute Gasteiger partial charge is 0.342 e. The molecule has 3 heterocycles. The molecule has 0 bridgehead atoms. The Kier molecular flexibility index (Phi) is 4.34. The van der Waals surface area contributed by atoms with Crippen molar-refractivity contribution in [1.29, 1.82) is 0 Å². The lowest BCUT2D eigenvalue weighted by molar-refractivity contribution is -0.131. The van der Waals surface area contributed by atoms with Gasteiger partial charge in [0.2, 0.25) is 5.91 Å². The van der Waals surface area contributed by atoms with Crippen molar-refractivity contribution in [1.82, 2.24) is 19.8 Å². The van der Waals surface area contributed by atoms with Gasteiger partial charge in [-0.2, -0.15) is 0 Å². The molecule has 2 saturated heterocycles. The number of nitrogens with zero attached hydrogens (tertiary/aromatic N) is 3. The van der Waals surface area contributed by atoms with Gasteiger partial charge in [-0.1, -0.05) is 0 Å². The first kappa shape index (κ1) is 14.3. The molecule has 2 aliphatic rings. The van der Waals surface area contributed by atoms with Crippen molar-refractivity contribution in [3.8, 4) is 0 Å². The molecule has 1 aromatic rings. The van der Waals surface area contributed by atoms with E-state index in [1.165, 1.54) is 0 Å². The fourth-order valence-corrected chi connectivity index (χ4v) is 3.33. The molecule has 0 saturated carbocycles. The van der Waals surface area contributed by atoms with Crippen molar-refractivity contribution in [3.05, 3.63) is 28.4 Å². The zero-order valence-electron chi connectivity index (χ0n) is 12.3. The van der Waals surface area contributed by atoms with Crippen LogP contribution in [0.4, 0.5) is 0 Å². The fourth-order valence-electron chi connectivity index (χ4n) is 3.33. The van der Waals surface area contributed by atoms with Crippen LogP contribution in [0.5, 0.6) is 0 Å². The third-order valence-corrected chi connectivity index (χ3v) is 4.46. The number of hydrogen-bond donors (Lipinski definition) is 1. The molecule has 6 nitrogen and oxygen atoms in total. The Hall–Kier alpha value is -1.69. The van der Waals surface area contributed by atoms with Crippen molar-refractivity contribution in [3.63, 3.8) is 0 Å². The molecule has 2 fully saturated rings. The maximum atomic E-state index is 12.2. The number of nitrogens with one attached hydrogen (secondary N) is 1. The molecular formula is C15H22N4O2. The van der Waals surface area contributed by atoms with E-state index >= 15 is 0 Å². The van der Waals surface area contributed by atoms with Gasteiger partial charge in [0.25, 0.3) is 0 Å². The van der Waals surface area contributed by atoms with Gasteiger partial charge < -0.3 is 9.88 Å². The highest BCUT2D eigenvalue weighted by Crippen LogP contribution is 2.24. The number of amides is 1. The highest BCUT2D eigenvalue weighted by Gasteiger charge is 2.26. The summed E-state index contributed by atoms with van der Waals surface area (Å²) in [4.78, 5) is 34.2. The minimum atomic E-state index is -0.294. The van der Waals surface area contributed by atoms with Crippen molar-refractivity contribution in [2.24, 2.45) is 0 Å². The molecule has 6 heteroatoms. The number of likely N-dealkylation sites (tertiary alicyclic amines) is 2. The van der Waals surface area contributed by atoms with Crippen LogP contribution >= 0.6 is 0 Å². The second kappa shape index (κ2) is 6.39. The maximum absolute atomic E-state index is 12.2. The summed E-state index contributed by atoms with van der Waals surface area (Å²) in [6.07, 6.45) is 5.93. The normalized spacial score (nSPS) is 23.4.